The average Bonchev–Trinajstić information content (AvgIpc) is 2.79. The maximum absolute atomic E-state index is 12.8. The molecule has 0 aromatic carbocycles. The van der Waals surface area contributed by atoms with E-state index >= 15 is 0 Å². The van der Waals surface area contributed by atoms with Gasteiger partial charge in [0.1, 0.15) is 22.4 Å². The van der Waals surface area contributed by atoms with Crippen molar-refractivity contribution in [2.75, 3.05) is 23.9 Å². The minimum atomic E-state index is -4.54. The summed E-state index contributed by atoms with van der Waals surface area (Å²) in [6.45, 7) is 1.67. The SMILES string of the molecule is CNc1nc(Nc2cnn(S(C)=O)c2C)ncc1C(F)(F)F. The van der Waals surface area contributed by atoms with E-state index in [0.29, 0.717) is 17.6 Å². The number of nitrogens with zero attached hydrogens (tertiary/aromatic N) is 4. The zero-order valence-corrected chi connectivity index (χ0v) is 12.7. The fourth-order valence-electron chi connectivity index (χ4n) is 1.74. The molecule has 1 unspecified atom stereocenters. The molecule has 120 valence electrons. The number of hydrogen-bond donors (Lipinski definition) is 2. The van der Waals surface area contributed by atoms with Gasteiger partial charge >= 0.3 is 6.18 Å². The van der Waals surface area contributed by atoms with E-state index in [4.69, 9.17) is 0 Å². The molecule has 0 amide bonds. The molecular formula is C11H13F3N6OS. The lowest BCUT2D eigenvalue weighted by molar-refractivity contribution is -0.137. The number of nitrogens with one attached hydrogen (secondary N) is 2. The van der Waals surface area contributed by atoms with E-state index in [1.54, 1.807) is 6.92 Å². The number of anilines is 3. The summed E-state index contributed by atoms with van der Waals surface area (Å²) in [6.07, 6.45) is -0.996. The van der Waals surface area contributed by atoms with Gasteiger partial charge in [0, 0.05) is 19.5 Å². The Bertz CT molecular complexity index is 714. The van der Waals surface area contributed by atoms with Crippen molar-refractivity contribution < 1.29 is 17.4 Å². The van der Waals surface area contributed by atoms with Crippen LogP contribution in [0.25, 0.3) is 0 Å². The van der Waals surface area contributed by atoms with Crippen LogP contribution in [0.4, 0.5) is 30.6 Å². The Labute approximate surface area is 126 Å². The predicted octanol–water partition coefficient (Wildman–Crippen LogP) is 1.93. The van der Waals surface area contributed by atoms with Crippen LogP contribution in [0.1, 0.15) is 11.3 Å². The third-order valence-corrected chi connectivity index (χ3v) is 3.64. The van der Waals surface area contributed by atoms with Gasteiger partial charge < -0.3 is 10.6 Å². The fraction of sp³-hybridized carbons (Fsp3) is 0.364. The number of alkyl halides is 3. The van der Waals surface area contributed by atoms with E-state index in [2.05, 4.69) is 25.7 Å². The van der Waals surface area contributed by atoms with Gasteiger partial charge in [-0.3, -0.25) is 0 Å². The first-order valence-corrected chi connectivity index (χ1v) is 7.53. The lowest BCUT2D eigenvalue weighted by Crippen LogP contribution is -2.12. The number of rotatable bonds is 4. The Morgan fingerprint density at radius 3 is 2.50 bits per heavy atom. The van der Waals surface area contributed by atoms with Crippen LogP contribution in [0, 0.1) is 6.92 Å². The lowest BCUT2D eigenvalue weighted by atomic mass is 10.3. The molecular weight excluding hydrogens is 321 g/mol. The van der Waals surface area contributed by atoms with Gasteiger partial charge in [-0.2, -0.15) is 27.3 Å². The second-order valence-corrected chi connectivity index (χ2v) is 5.46. The first kappa shape index (κ1) is 16.2. The molecule has 11 heteroatoms. The Morgan fingerprint density at radius 1 is 1.32 bits per heavy atom. The van der Waals surface area contributed by atoms with E-state index in [-0.39, 0.29) is 11.8 Å². The van der Waals surface area contributed by atoms with Gasteiger partial charge in [0.05, 0.1) is 17.6 Å². The summed E-state index contributed by atoms with van der Waals surface area (Å²) in [4.78, 5) is 7.43. The van der Waals surface area contributed by atoms with Gasteiger partial charge in [-0.25, -0.2) is 9.19 Å². The maximum atomic E-state index is 12.8. The Balaban J connectivity index is 2.33. The van der Waals surface area contributed by atoms with Crippen LogP contribution in [0.15, 0.2) is 12.4 Å². The Kier molecular flexibility index (Phi) is 4.35. The highest BCUT2D eigenvalue weighted by Gasteiger charge is 2.35. The first-order chi connectivity index (χ1) is 10.2. The molecule has 0 aliphatic heterocycles. The van der Waals surface area contributed by atoms with Gasteiger partial charge in [0.15, 0.2) is 0 Å². The van der Waals surface area contributed by atoms with Crippen molar-refractivity contribution >= 4 is 28.4 Å². The van der Waals surface area contributed by atoms with Crippen molar-refractivity contribution in [3.63, 3.8) is 0 Å². The molecule has 0 spiro atoms. The molecule has 0 bridgehead atoms. The summed E-state index contributed by atoms with van der Waals surface area (Å²) in [6, 6.07) is 0. The molecule has 7 nitrogen and oxygen atoms in total. The van der Waals surface area contributed by atoms with Crippen LogP contribution in [-0.4, -0.2) is 36.7 Å². The standard InChI is InChI=1S/C11H13F3N6OS/c1-6-8(5-17-20(6)22(3)21)18-10-16-4-7(11(12,13)14)9(15-2)19-10/h4-5H,1-3H3,(H2,15,16,18,19). The van der Waals surface area contributed by atoms with Crippen LogP contribution < -0.4 is 10.6 Å². The van der Waals surface area contributed by atoms with Gasteiger partial charge in [-0.05, 0) is 6.92 Å². The average molecular weight is 334 g/mol. The number of hydrogen-bond acceptors (Lipinski definition) is 6. The van der Waals surface area contributed by atoms with E-state index in [9.17, 15) is 17.4 Å². The van der Waals surface area contributed by atoms with Crippen molar-refractivity contribution in [1.29, 1.82) is 0 Å². The third kappa shape index (κ3) is 3.18. The molecule has 0 aliphatic rings. The van der Waals surface area contributed by atoms with Crippen molar-refractivity contribution in [2.45, 2.75) is 13.1 Å². The molecule has 0 aliphatic carbocycles. The second-order valence-electron chi connectivity index (χ2n) is 4.27. The quantitative estimate of drug-likeness (QED) is 0.889. The molecule has 2 aromatic rings. The molecule has 22 heavy (non-hydrogen) atoms. The molecule has 0 saturated heterocycles. The smallest absolute Gasteiger partial charge is 0.372 e. The first-order valence-electron chi connectivity index (χ1n) is 6.01. The van der Waals surface area contributed by atoms with Crippen LogP contribution >= 0.6 is 0 Å². The summed E-state index contributed by atoms with van der Waals surface area (Å²) in [5.41, 5.74) is 0.0509. The number of aromatic nitrogens is 4. The topological polar surface area (TPSA) is 84.7 Å². The normalized spacial score (nSPS) is 13.0. The van der Waals surface area contributed by atoms with Crippen molar-refractivity contribution in [3.8, 4) is 0 Å². The minimum absolute atomic E-state index is 0.0260. The summed E-state index contributed by atoms with van der Waals surface area (Å²) >= 11 is 0. The van der Waals surface area contributed by atoms with E-state index in [0.717, 1.165) is 0 Å². The summed E-state index contributed by atoms with van der Waals surface area (Å²) in [7, 11) is 0.00266. The largest absolute Gasteiger partial charge is 0.421 e. The molecule has 1 atom stereocenters. The third-order valence-electron chi connectivity index (χ3n) is 2.79. The van der Waals surface area contributed by atoms with Gasteiger partial charge in [-0.15, -0.1) is 0 Å². The van der Waals surface area contributed by atoms with Gasteiger partial charge in [-0.1, -0.05) is 0 Å². The zero-order valence-electron chi connectivity index (χ0n) is 11.9. The summed E-state index contributed by atoms with van der Waals surface area (Å²) in [5, 5.41) is 9.05. The molecule has 2 heterocycles. The zero-order chi connectivity index (χ0) is 16.5. The van der Waals surface area contributed by atoms with Crippen molar-refractivity contribution in [1.82, 2.24) is 19.2 Å². The van der Waals surface area contributed by atoms with Crippen LogP contribution in [0.5, 0.6) is 0 Å². The fourth-order valence-corrected chi connectivity index (χ4v) is 2.40. The highest BCUT2D eigenvalue weighted by molar-refractivity contribution is 7.82. The van der Waals surface area contributed by atoms with E-state index < -0.39 is 22.7 Å². The van der Waals surface area contributed by atoms with Crippen LogP contribution in [0.3, 0.4) is 0 Å². The molecule has 0 fully saturated rings. The minimum Gasteiger partial charge on any atom is -0.372 e. The van der Waals surface area contributed by atoms with Gasteiger partial charge in [0.25, 0.3) is 0 Å². The molecule has 2 N–H and O–H groups in total. The van der Waals surface area contributed by atoms with Crippen LogP contribution in [0.2, 0.25) is 0 Å². The highest BCUT2D eigenvalue weighted by atomic mass is 32.2. The van der Waals surface area contributed by atoms with Crippen molar-refractivity contribution in [2.24, 2.45) is 0 Å². The predicted molar refractivity (Wildman–Crippen MR) is 76.3 cm³/mol. The Hall–Kier alpha value is -2.17. The molecule has 0 radical (unpaired) electrons. The van der Waals surface area contributed by atoms with E-state index in [1.165, 1.54) is 23.6 Å². The van der Waals surface area contributed by atoms with Gasteiger partial charge in [0.2, 0.25) is 5.95 Å². The van der Waals surface area contributed by atoms with Crippen molar-refractivity contribution in [3.05, 3.63) is 23.7 Å². The number of halogens is 3. The second kappa shape index (κ2) is 5.91. The molecule has 2 rings (SSSR count). The monoisotopic (exact) mass is 334 g/mol. The highest BCUT2D eigenvalue weighted by Crippen LogP contribution is 2.33. The molecule has 0 saturated carbocycles. The van der Waals surface area contributed by atoms with E-state index in [1.807, 2.05) is 0 Å². The Morgan fingerprint density at radius 2 is 2.00 bits per heavy atom. The summed E-state index contributed by atoms with van der Waals surface area (Å²) < 4.78 is 51.0. The summed E-state index contributed by atoms with van der Waals surface area (Å²) in [5.74, 6) is -0.365. The van der Waals surface area contributed by atoms with Crippen LogP contribution in [-0.2, 0) is 17.2 Å². The lowest BCUT2D eigenvalue weighted by Gasteiger charge is -2.12. The maximum Gasteiger partial charge on any atom is 0.421 e. The molecule has 2 aromatic heterocycles.